The zero-order valence-corrected chi connectivity index (χ0v) is 5.16. The SMILES string of the molecule is Cc1ccc(OO)cc1. The highest BCUT2D eigenvalue weighted by atomic mass is 17.1. The molecule has 0 saturated heterocycles. The normalized spacial score (nSPS) is 9.11. The zero-order chi connectivity index (χ0) is 6.69. The molecule has 0 amide bonds. The molecule has 0 atom stereocenters. The third kappa shape index (κ3) is 1.44. The lowest BCUT2D eigenvalue weighted by molar-refractivity contribution is -0.137. The third-order valence-electron chi connectivity index (χ3n) is 1.13. The predicted octanol–water partition coefficient (Wildman–Crippen LogP) is 1.85. The average Bonchev–Trinajstić information content (AvgIpc) is 1.90. The monoisotopic (exact) mass is 124 g/mol. The van der Waals surface area contributed by atoms with Gasteiger partial charge in [0.15, 0.2) is 5.75 Å². The minimum absolute atomic E-state index is 0.473. The van der Waals surface area contributed by atoms with Crippen LogP contribution in [0.1, 0.15) is 5.56 Å². The summed E-state index contributed by atoms with van der Waals surface area (Å²) < 4.78 is 0. The summed E-state index contributed by atoms with van der Waals surface area (Å²) in [6.07, 6.45) is 0. The maximum atomic E-state index is 8.13. The van der Waals surface area contributed by atoms with E-state index >= 15 is 0 Å². The van der Waals surface area contributed by atoms with E-state index in [4.69, 9.17) is 5.26 Å². The Morgan fingerprint density at radius 3 is 2.22 bits per heavy atom. The Labute approximate surface area is 53.6 Å². The largest absolute Gasteiger partial charge is 0.340 e. The van der Waals surface area contributed by atoms with Gasteiger partial charge in [0.2, 0.25) is 0 Å². The molecule has 0 radical (unpaired) electrons. The van der Waals surface area contributed by atoms with Crippen molar-refractivity contribution in [3.8, 4) is 5.75 Å². The van der Waals surface area contributed by atoms with Crippen LogP contribution in [-0.2, 0) is 0 Å². The van der Waals surface area contributed by atoms with E-state index in [1.165, 1.54) is 0 Å². The van der Waals surface area contributed by atoms with Gasteiger partial charge in [-0.25, -0.2) is 5.26 Å². The van der Waals surface area contributed by atoms with Crippen LogP contribution >= 0.6 is 0 Å². The lowest BCUT2D eigenvalue weighted by atomic mass is 10.2. The van der Waals surface area contributed by atoms with Gasteiger partial charge in [0.25, 0.3) is 0 Å². The van der Waals surface area contributed by atoms with Gasteiger partial charge >= 0.3 is 0 Å². The van der Waals surface area contributed by atoms with Crippen LogP contribution in [-0.4, -0.2) is 5.26 Å². The van der Waals surface area contributed by atoms with Gasteiger partial charge in [-0.15, -0.1) is 0 Å². The minimum Gasteiger partial charge on any atom is -0.340 e. The van der Waals surface area contributed by atoms with Crippen molar-refractivity contribution in [2.45, 2.75) is 6.92 Å². The molecule has 0 heterocycles. The number of aryl methyl sites for hydroxylation is 1. The van der Waals surface area contributed by atoms with Crippen LogP contribution < -0.4 is 4.89 Å². The highest BCUT2D eigenvalue weighted by Gasteiger charge is 1.87. The molecule has 48 valence electrons. The summed E-state index contributed by atoms with van der Waals surface area (Å²) in [4.78, 5) is 3.97. The number of benzene rings is 1. The molecule has 0 unspecified atom stereocenters. The molecule has 0 spiro atoms. The van der Waals surface area contributed by atoms with E-state index in [-0.39, 0.29) is 0 Å². The second-order valence-electron chi connectivity index (χ2n) is 1.90. The second-order valence-corrected chi connectivity index (χ2v) is 1.90. The highest BCUT2D eigenvalue weighted by Crippen LogP contribution is 2.09. The molecule has 9 heavy (non-hydrogen) atoms. The van der Waals surface area contributed by atoms with Crippen LogP contribution in [0.15, 0.2) is 24.3 Å². The molecule has 1 aromatic rings. The lowest BCUT2D eigenvalue weighted by Crippen LogP contribution is -1.81. The van der Waals surface area contributed by atoms with E-state index in [0.717, 1.165) is 5.56 Å². The summed E-state index contributed by atoms with van der Waals surface area (Å²) in [6.45, 7) is 1.97. The quantitative estimate of drug-likeness (QED) is 0.457. The van der Waals surface area contributed by atoms with Crippen molar-refractivity contribution in [3.05, 3.63) is 29.8 Å². The first-order chi connectivity index (χ1) is 4.33. The van der Waals surface area contributed by atoms with Crippen molar-refractivity contribution in [1.29, 1.82) is 0 Å². The van der Waals surface area contributed by atoms with Crippen LogP contribution in [0.5, 0.6) is 5.75 Å². The van der Waals surface area contributed by atoms with E-state index in [2.05, 4.69) is 4.89 Å². The zero-order valence-electron chi connectivity index (χ0n) is 5.16. The first-order valence-corrected chi connectivity index (χ1v) is 2.71. The molecule has 0 aromatic heterocycles. The molecule has 0 aliphatic carbocycles. The van der Waals surface area contributed by atoms with E-state index in [0.29, 0.717) is 5.75 Å². The Kier molecular flexibility index (Phi) is 1.70. The maximum Gasteiger partial charge on any atom is 0.165 e. The lowest BCUT2D eigenvalue weighted by Gasteiger charge is -1.94. The summed E-state index contributed by atoms with van der Waals surface area (Å²) in [7, 11) is 0. The standard InChI is InChI=1S/C7H8O2/c1-6-2-4-7(9-8)5-3-6/h2-5,8H,1H3. The van der Waals surface area contributed by atoms with Gasteiger partial charge < -0.3 is 4.89 Å². The Morgan fingerprint density at radius 1 is 1.22 bits per heavy atom. The average molecular weight is 124 g/mol. The molecular formula is C7H8O2. The summed E-state index contributed by atoms with van der Waals surface area (Å²) in [5.74, 6) is 0.473. The molecule has 0 bridgehead atoms. The van der Waals surface area contributed by atoms with Gasteiger partial charge in [0.05, 0.1) is 0 Å². The highest BCUT2D eigenvalue weighted by molar-refractivity contribution is 5.25. The molecule has 0 aliphatic heterocycles. The van der Waals surface area contributed by atoms with Crippen molar-refractivity contribution >= 4 is 0 Å². The molecule has 1 N–H and O–H groups in total. The first kappa shape index (κ1) is 6.11. The fourth-order valence-corrected chi connectivity index (χ4v) is 0.599. The van der Waals surface area contributed by atoms with Crippen molar-refractivity contribution in [2.24, 2.45) is 0 Å². The van der Waals surface area contributed by atoms with E-state index in [9.17, 15) is 0 Å². The van der Waals surface area contributed by atoms with Crippen LogP contribution in [0, 0.1) is 6.92 Å². The Bertz CT molecular complexity index is 179. The number of rotatable bonds is 1. The van der Waals surface area contributed by atoms with Crippen molar-refractivity contribution < 1.29 is 10.1 Å². The summed E-state index contributed by atoms with van der Waals surface area (Å²) in [6, 6.07) is 7.14. The van der Waals surface area contributed by atoms with Gasteiger partial charge in [-0.1, -0.05) is 17.7 Å². The van der Waals surface area contributed by atoms with E-state index in [1.54, 1.807) is 12.1 Å². The second kappa shape index (κ2) is 2.51. The summed E-state index contributed by atoms with van der Waals surface area (Å²) >= 11 is 0. The van der Waals surface area contributed by atoms with Crippen molar-refractivity contribution in [2.75, 3.05) is 0 Å². The van der Waals surface area contributed by atoms with E-state index in [1.807, 2.05) is 19.1 Å². The molecule has 2 heteroatoms. The first-order valence-electron chi connectivity index (χ1n) is 2.71. The summed E-state index contributed by atoms with van der Waals surface area (Å²) in [5, 5.41) is 8.13. The third-order valence-corrected chi connectivity index (χ3v) is 1.13. The van der Waals surface area contributed by atoms with Gasteiger partial charge in [-0.3, -0.25) is 0 Å². The molecule has 2 nitrogen and oxygen atoms in total. The molecule has 1 rings (SSSR count). The maximum absolute atomic E-state index is 8.13. The van der Waals surface area contributed by atoms with Crippen LogP contribution in [0.25, 0.3) is 0 Å². The Morgan fingerprint density at radius 2 is 1.78 bits per heavy atom. The molecular weight excluding hydrogens is 116 g/mol. The number of hydrogen-bond acceptors (Lipinski definition) is 2. The summed E-state index contributed by atoms with van der Waals surface area (Å²) in [5.41, 5.74) is 1.15. The number of hydrogen-bond donors (Lipinski definition) is 1. The van der Waals surface area contributed by atoms with Gasteiger partial charge in [-0.05, 0) is 19.1 Å². The molecule has 0 saturated carbocycles. The molecule has 1 aromatic carbocycles. The fraction of sp³-hybridized carbons (Fsp3) is 0.143. The van der Waals surface area contributed by atoms with E-state index < -0.39 is 0 Å². The van der Waals surface area contributed by atoms with Crippen LogP contribution in [0.2, 0.25) is 0 Å². The van der Waals surface area contributed by atoms with Gasteiger partial charge in [0.1, 0.15) is 0 Å². The smallest absolute Gasteiger partial charge is 0.165 e. The minimum atomic E-state index is 0.473. The molecule has 0 fully saturated rings. The topological polar surface area (TPSA) is 29.5 Å². The molecule has 0 aliphatic rings. The predicted molar refractivity (Wildman–Crippen MR) is 34.4 cm³/mol. The van der Waals surface area contributed by atoms with Crippen molar-refractivity contribution in [3.63, 3.8) is 0 Å². The van der Waals surface area contributed by atoms with Gasteiger partial charge in [0, 0.05) is 0 Å². The Balaban J connectivity index is 2.88. The van der Waals surface area contributed by atoms with Crippen LogP contribution in [0.3, 0.4) is 0 Å². The fourth-order valence-electron chi connectivity index (χ4n) is 0.599. The Hall–Kier alpha value is -1.02. The van der Waals surface area contributed by atoms with Crippen LogP contribution in [0.4, 0.5) is 0 Å². The van der Waals surface area contributed by atoms with Gasteiger partial charge in [-0.2, -0.15) is 0 Å². The van der Waals surface area contributed by atoms with Crippen molar-refractivity contribution in [1.82, 2.24) is 0 Å².